The standard InChI is InChI=1S/C19H25FN4/c1-22(2)18-12-21-19(17-11-14(20)5-6-16(17)18)24-10-7-15(13-24)23-8-3-4-9-23/h5-6,11-12,15H,3-4,7-10,13H2,1-2H3. The topological polar surface area (TPSA) is 22.6 Å². The van der Waals surface area contributed by atoms with E-state index in [9.17, 15) is 4.39 Å². The Balaban J connectivity index is 1.69. The van der Waals surface area contributed by atoms with Crippen molar-refractivity contribution in [2.75, 3.05) is 50.1 Å². The molecule has 128 valence electrons. The third-order valence-electron chi connectivity index (χ3n) is 5.41. The molecular weight excluding hydrogens is 303 g/mol. The van der Waals surface area contributed by atoms with Gasteiger partial charge >= 0.3 is 0 Å². The van der Waals surface area contributed by atoms with Gasteiger partial charge in [-0.1, -0.05) is 0 Å². The van der Waals surface area contributed by atoms with Gasteiger partial charge in [-0.3, -0.25) is 4.90 Å². The highest BCUT2D eigenvalue weighted by molar-refractivity contribution is 6.00. The molecule has 1 aromatic heterocycles. The fourth-order valence-corrected chi connectivity index (χ4v) is 4.13. The second kappa shape index (κ2) is 6.20. The summed E-state index contributed by atoms with van der Waals surface area (Å²) in [6, 6.07) is 5.66. The number of rotatable bonds is 3. The third kappa shape index (κ3) is 2.71. The molecule has 0 aliphatic carbocycles. The quantitative estimate of drug-likeness (QED) is 0.863. The second-order valence-electron chi connectivity index (χ2n) is 7.18. The molecule has 5 heteroatoms. The Labute approximate surface area is 142 Å². The first kappa shape index (κ1) is 15.6. The van der Waals surface area contributed by atoms with Crippen LogP contribution in [0.3, 0.4) is 0 Å². The Morgan fingerprint density at radius 3 is 2.67 bits per heavy atom. The number of hydrogen-bond donors (Lipinski definition) is 0. The number of aromatic nitrogens is 1. The van der Waals surface area contributed by atoms with E-state index in [0.29, 0.717) is 6.04 Å². The molecule has 2 saturated heterocycles. The Hall–Kier alpha value is -1.88. The molecule has 2 fully saturated rings. The number of hydrogen-bond acceptors (Lipinski definition) is 4. The summed E-state index contributed by atoms with van der Waals surface area (Å²) in [6.07, 6.45) is 5.73. The van der Waals surface area contributed by atoms with Gasteiger partial charge in [-0.25, -0.2) is 9.37 Å². The maximum atomic E-state index is 13.9. The Bertz CT molecular complexity index is 739. The minimum atomic E-state index is -0.197. The van der Waals surface area contributed by atoms with Crippen molar-refractivity contribution in [3.8, 4) is 0 Å². The maximum Gasteiger partial charge on any atom is 0.136 e. The molecule has 0 bridgehead atoms. The summed E-state index contributed by atoms with van der Waals surface area (Å²) < 4.78 is 13.9. The van der Waals surface area contributed by atoms with E-state index in [1.807, 2.05) is 31.3 Å². The van der Waals surface area contributed by atoms with Crippen molar-refractivity contribution in [3.63, 3.8) is 0 Å². The molecule has 0 amide bonds. The fraction of sp³-hybridized carbons (Fsp3) is 0.526. The van der Waals surface area contributed by atoms with Crippen LogP contribution < -0.4 is 9.80 Å². The first-order valence-electron chi connectivity index (χ1n) is 8.88. The lowest BCUT2D eigenvalue weighted by molar-refractivity contribution is 0.260. The highest BCUT2D eigenvalue weighted by Crippen LogP contribution is 2.34. The summed E-state index contributed by atoms with van der Waals surface area (Å²) in [5, 5.41) is 1.99. The molecule has 1 unspecified atom stereocenters. The molecule has 0 saturated carbocycles. The van der Waals surface area contributed by atoms with Gasteiger partial charge in [0.1, 0.15) is 11.6 Å². The van der Waals surface area contributed by atoms with E-state index >= 15 is 0 Å². The van der Waals surface area contributed by atoms with Crippen LogP contribution in [0.4, 0.5) is 15.9 Å². The minimum Gasteiger partial charge on any atom is -0.376 e. The molecule has 24 heavy (non-hydrogen) atoms. The number of fused-ring (bicyclic) bond motifs is 1. The molecule has 1 aromatic carbocycles. The average Bonchev–Trinajstić information content (AvgIpc) is 3.24. The van der Waals surface area contributed by atoms with E-state index in [0.717, 1.165) is 35.4 Å². The Morgan fingerprint density at radius 1 is 1.12 bits per heavy atom. The smallest absolute Gasteiger partial charge is 0.136 e. The van der Waals surface area contributed by atoms with E-state index in [2.05, 4.69) is 9.80 Å². The van der Waals surface area contributed by atoms with Crippen LogP contribution in [0.15, 0.2) is 24.4 Å². The summed E-state index contributed by atoms with van der Waals surface area (Å²) in [7, 11) is 4.00. The van der Waals surface area contributed by atoms with Gasteiger partial charge in [0.05, 0.1) is 11.9 Å². The van der Waals surface area contributed by atoms with Crippen LogP contribution >= 0.6 is 0 Å². The first-order valence-corrected chi connectivity index (χ1v) is 8.88. The van der Waals surface area contributed by atoms with Crippen LogP contribution in [-0.2, 0) is 0 Å². The van der Waals surface area contributed by atoms with Crippen LogP contribution in [0.25, 0.3) is 10.8 Å². The molecule has 0 spiro atoms. The fourth-order valence-electron chi connectivity index (χ4n) is 4.13. The van der Waals surface area contributed by atoms with Crippen molar-refractivity contribution < 1.29 is 4.39 Å². The average molecular weight is 328 g/mol. The van der Waals surface area contributed by atoms with Crippen molar-refractivity contribution in [1.29, 1.82) is 0 Å². The lowest BCUT2D eigenvalue weighted by atomic mass is 10.1. The third-order valence-corrected chi connectivity index (χ3v) is 5.41. The molecule has 2 aliphatic rings. The number of likely N-dealkylation sites (tertiary alicyclic amines) is 1. The largest absolute Gasteiger partial charge is 0.376 e. The van der Waals surface area contributed by atoms with Crippen LogP contribution in [0.5, 0.6) is 0 Å². The van der Waals surface area contributed by atoms with Gasteiger partial charge in [0.25, 0.3) is 0 Å². The minimum absolute atomic E-state index is 0.197. The number of benzene rings is 1. The molecule has 0 N–H and O–H groups in total. The lowest BCUT2D eigenvalue weighted by Gasteiger charge is -2.25. The van der Waals surface area contributed by atoms with E-state index in [-0.39, 0.29) is 5.82 Å². The van der Waals surface area contributed by atoms with Crippen molar-refractivity contribution in [2.24, 2.45) is 0 Å². The monoisotopic (exact) mass is 328 g/mol. The highest BCUT2D eigenvalue weighted by atomic mass is 19.1. The van der Waals surface area contributed by atoms with Gasteiger partial charge in [-0.2, -0.15) is 0 Å². The Morgan fingerprint density at radius 2 is 1.92 bits per heavy atom. The summed E-state index contributed by atoms with van der Waals surface area (Å²) in [5.74, 6) is 0.730. The van der Waals surface area contributed by atoms with E-state index in [4.69, 9.17) is 4.98 Å². The van der Waals surface area contributed by atoms with Gasteiger partial charge in [-0.05, 0) is 50.6 Å². The SMILES string of the molecule is CN(C)c1cnc(N2CCC(N3CCCC3)C2)c2cc(F)ccc12. The van der Waals surface area contributed by atoms with Crippen molar-refractivity contribution >= 4 is 22.3 Å². The number of nitrogens with zero attached hydrogens (tertiary/aromatic N) is 4. The molecule has 3 heterocycles. The summed E-state index contributed by atoms with van der Waals surface area (Å²) in [4.78, 5) is 11.7. The number of anilines is 2. The zero-order valence-electron chi connectivity index (χ0n) is 14.5. The highest BCUT2D eigenvalue weighted by Gasteiger charge is 2.30. The summed E-state index contributed by atoms with van der Waals surface area (Å²) >= 11 is 0. The lowest BCUT2D eigenvalue weighted by Crippen LogP contribution is -2.35. The summed E-state index contributed by atoms with van der Waals surface area (Å²) in [5.41, 5.74) is 1.03. The van der Waals surface area contributed by atoms with Crippen molar-refractivity contribution in [1.82, 2.24) is 9.88 Å². The van der Waals surface area contributed by atoms with Crippen LogP contribution in [0.1, 0.15) is 19.3 Å². The van der Waals surface area contributed by atoms with Gasteiger partial charge in [0, 0.05) is 44.0 Å². The van der Waals surface area contributed by atoms with Crippen molar-refractivity contribution in [2.45, 2.75) is 25.3 Å². The Kier molecular flexibility index (Phi) is 4.04. The molecule has 2 aliphatic heterocycles. The van der Waals surface area contributed by atoms with E-state index in [1.165, 1.54) is 38.4 Å². The van der Waals surface area contributed by atoms with Gasteiger partial charge < -0.3 is 9.80 Å². The molecule has 2 aromatic rings. The zero-order valence-corrected chi connectivity index (χ0v) is 14.5. The normalized spacial score (nSPS) is 21.8. The first-order chi connectivity index (χ1) is 11.6. The second-order valence-corrected chi connectivity index (χ2v) is 7.18. The molecule has 4 nitrogen and oxygen atoms in total. The van der Waals surface area contributed by atoms with Crippen LogP contribution in [0, 0.1) is 5.82 Å². The van der Waals surface area contributed by atoms with E-state index in [1.54, 1.807) is 6.07 Å². The number of halogens is 1. The maximum absolute atomic E-state index is 13.9. The molecular formula is C19H25FN4. The van der Waals surface area contributed by atoms with Crippen molar-refractivity contribution in [3.05, 3.63) is 30.2 Å². The molecule has 0 radical (unpaired) electrons. The van der Waals surface area contributed by atoms with Gasteiger partial charge in [0.15, 0.2) is 0 Å². The molecule has 4 rings (SSSR count). The van der Waals surface area contributed by atoms with Crippen LogP contribution in [0.2, 0.25) is 0 Å². The van der Waals surface area contributed by atoms with Gasteiger partial charge in [0.2, 0.25) is 0 Å². The predicted octanol–water partition coefficient (Wildman–Crippen LogP) is 3.11. The van der Waals surface area contributed by atoms with E-state index < -0.39 is 0 Å². The van der Waals surface area contributed by atoms with Crippen LogP contribution in [-0.4, -0.2) is 56.2 Å². The zero-order chi connectivity index (χ0) is 16.7. The summed E-state index contributed by atoms with van der Waals surface area (Å²) in [6.45, 7) is 4.45. The number of pyridine rings is 1. The molecule has 1 atom stereocenters. The predicted molar refractivity (Wildman–Crippen MR) is 97.5 cm³/mol. The van der Waals surface area contributed by atoms with Gasteiger partial charge in [-0.15, -0.1) is 0 Å².